The van der Waals surface area contributed by atoms with Crippen LogP contribution >= 0.6 is 24.0 Å². The Labute approximate surface area is 210 Å². The zero-order valence-electron chi connectivity index (χ0n) is 18.7. The minimum absolute atomic E-state index is 0. The summed E-state index contributed by atoms with van der Waals surface area (Å²) in [6.45, 7) is 4.99. The Hall–Kier alpha value is -2.88. The summed E-state index contributed by atoms with van der Waals surface area (Å²) >= 11 is 0. The summed E-state index contributed by atoms with van der Waals surface area (Å²) in [5.74, 6) is 1.58. The number of H-pyrrole nitrogens is 1. The zero-order valence-corrected chi connectivity index (χ0v) is 21.1. The first-order chi connectivity index (χ1) is 15.7. The molecule has 0 amide bonds. The summed E-state index contributed by atoms with van der Waals surface area (Å²) in [7, 11) is 0. The van der Waals surface area contributed by atoms with Crippen LogP contribution in [0, 0.1) is 5.82 Å². The maximum Gasteiger partial charge on any atom is 0.191 e. The third-order valence-electron chi connectivity index (χ3n) is 5.36. The van der Waals surface area contributed by atoms with E-state index in [4.69, 9.17) is 4.99 Å². The van der Waals surface area contributed by atoms with Gasteiger partial charge in [-0.3, -0.25) is 4.99 Å². The lowest BCUT2D eigenvalue weighted by Crippen LogP contribution is -2.38. The number of hydrogen-bond donors (Lipinski definition) is 3. The number of aromatic amines is 1. The molecule has 2 aromatic heterocycles. The molecule has 33 heavy (non-hydrogen) atoms. The summed E-state index contributed by atoms with van der Waals surface area (Å²) in [5.41, 5.74) is 3.29. The molecule has 0 spiro atoms. The van der Waals surface area contributed by atoms with Gasteiger partial charge in [0, 0.05) is 62.1 Å². The van der Waals surface area contributed by atoms with Gasteiger partial charge in [-0.05, 0) is 42.7 Å². The fraction of sp³-hybridized carbons (Fsp3) is 0.280. The standard InChI is InChI=1S/C25H29FN6.HI/c1-2-27-25(29-12-10-20-17-31-23-9-8-21(26)16-22(20)23)30-13-11-24-28-14-15-32(24)18-19-6-4-3-5-7-19;/h3-9,14-17,31H,2,10-13,18H2,1H3,(H2,27,29,30);1H. The van der Waals surface area contributed by atoms with Crippen LogP contribution in [0.5, 0.6) is 0 Å². The van der Waals surface area contributed by atoms with E-state index in [9.17, 15) is 4.39 Å². The van der Waals surface area contributed by atoms with Crippen molar-refractivity contribution in [3.05, 3.63) is 89.9 Å². The first-order valence-corrected chi connectivity index (χ1v) is 11.0. The first-order valence-electron chi connectivity index (χ1n) is 11.0. The number of nitrogens with zero attached hydrogens (tertiary/aromatic N) is 3. The number of nitrogens with one attached hydrogen (secondary N) is 3. The molecule has 2 aromatic carbocycles. The zero-order chi connectivity index (χ0) is 22.2. The van der Waals surface area contributed by atoms with Gasteiger partial charge in [-0.25, -0.2) is 9.37 Å². The van der Waals surface area contributed by atoms with E-state index in [1.165, 1.54) is 11.6 Å². The van der Waals surface area contributed by atoms with E-state index in [0.29, 0.717) is 13.1 Å². The number of aromatic nitrogens is 3. The summed E-state index contributed by atoms with van der Waals surface area (Å²) in [4.78, 5) is 12.4. The molecular formula is C25H30FIN6. The molecule has 0 bridgehead atoms. The summed E-state index contributed by atoms with van der Waals surface area (Å²) in [6.07, 6.45) is 7.34. The lowest BCUT2D eigenvalue weighted by atomic mass is 10.1. The predicted octanol–water partition coefficient (Wildman–Crippen LogP) is 4.51. The average Bonchev–Trinajstić information content (AvgIpc) is 3.41. The molecule has 0 saturated carbocycles. The molecule has 8 heteroatoms. The van der Waals surface area contributed by atoms with Crippen molar-refractivity contribution in [2.45, 2.75) is 26.3 Å². The Bertz CT molecular complexity index is 1170. The van der Waals surface area contributed by atoms with E-state index in [-0.39, 0.29) is 29.8 Å². The Morgan fingerprint density at radius 3 is 2.79 bits per heavy atom. The van der Waals surface area contributed by atoms with Gasteiger partial charge in [-0.1, -0.05) is 30.3 Å². The molecule has 2 heterocycles. The highest BCUT2D eigenvalue weighted by Gasteiger charge is 2.07. The number of benzene rings is 2. The van der Waals surface area contributed by atoms with Crippen LogP contribution in [0.2, 0.25) is 0 Å². The van der Waals surface area contributed by atoms with E-state index < -0.39 is 0 Å². The molecular weight excluding hydrogens is 530 g/mol. The van der Waals surface area contributed by atoms with Gasteiger partial charge in [0.2, 0.25) is 0 Å². The van der Waals surface area contributed by atoms with Gasteiger partial charge in [0.05, 0.1) is 0 Å². The van der Waals surface area contributed by atoms with Crippen LogP contribution < -0.4 is 10.6 Å². The second kappa shape index (κ2) is 12.4. The van der Waals surface area contributed by atoms with Gasteiger partial charge in [0.1, 0.15) is 11.6 Å². The van der Waals surface area contributed by atoms with Gasteiger partial charge in [-0.2, -0.15) is 0 Å². The fourth-order valence-electron chi connectivity index (χ4n) is 3.77. The maximum absolute atomic E-state index is 13.6. The molecule has 0 aliphatic carbocycles. The maximum atomic E-state index is 13.6. The smallest absolute Gasteiger partial charge is 0.191 e. The van der Waals surface area contributed by atoms with E-state index in [1.54, 1.807) is 12.1 Å². The van der Waals surface area contributed by atoms with Gasteiger partial charge in [-0.15, -0.1) is 24.0 Å². The van der Waals surface area contributed by atoms with Crippen molar-refractivity contribution in [1.82, 2.24) is 25.2 Å². The van der Waals surface area contributed by atoms with E-state index in [2.05, 4.69) is 49.4 Å². The molecule has 0 aliphatic heterocycles. The van der Waals surface area contributed by atoms with Crippen molar-refractivity contribution in [1.29, 1.82) is 0 Å². The van der Waals surface area contributed by atoms with E-state index >= 15 is 0 Å². The molecule has 0 aliphatic rings. The molecule has 0 atom stereocenters. The van der Waals surface area contributed by atoms with Crippen LogP contribution in [0.1, 0.15) is 23.9 Å². The predicted molar refractivity (Wildman–Crippen MR) is 143 cm³/mol. The summed E-state index contributed by atoms with van der Waals surface area (Å²) in [6, 6.07) is 15.2. The van der Waals surface area contributed by atoms with Crippen LogP contribution in [0.25, 0.3) is 10.9 Å². The van der Waals surface area contributed by atoms with Crippen molar-refractivity contribution in [3.8, 4) is 0 Å². The van der Waals surface area contributed by atoms with Crippen molar-refractivity contribution in [2.75, 3.05) is 19.6 Å². The molecule has 0 saturated heterocycles. The summed E-state index contributed by atoms with van der Waals surface area (Å²) in [5, 5.41) is 7.59. The van der Waals surface area contributed by atoms with Crippen molar-refractivity contribution < 1.29 is 4.39 Å². The average molecular weight is 560 g/mol. The van der Waals surface area contributed by atoms with Crippen LogP contribution in [0.4, 0.5) is 4.39 Å². The van der Waals surface area contributed by atoms with E-state index in [0.717, 1.165) is 54.2 Å². The molecule has 4 rings (SSSR count). The Balaban J connectivity index is 0.00000306. The molecule has 0 unspecified atom stereocenters. The topological polar surface area (TPSA) is 70.0 Å². The minimum Gasteiger partial charge on any atom is -0.361 e. The molecule has 3 N–H and O–H groups in total. The Kier molecular flexibility index (Phi) is 9.29. The molecule has 0 fully saturated rings. The molecule has 0 radical (unpaired) electrons. The lowest BCUT2D eigenvalue weighted by Gasteiger charge is -2.11. The van der Waals surface area contributed by atoms with Crippen LogP contribution in [-0.4, -0.2) is 40.1 Å². The van der Waals surface area contributed by atoms with Crippen LogP contribution in [0.3, 0.4) is 0 Å². The van der Waals surface area contributed by atoms with Gasteiger partial charge < -0.3 is 20.2 Å². The van der Waals surface area contributed by atoms with Gasteiger partial charge >= 0.3 is 0 Å². The molecule has 174 valence electrons. The van der Waals surface area contributed by atoms with Gasteiger partial charge in [0.25, 0.3) is 0 Å². The quantitative estimate of drug-likeness (QED) is 0.160. The second-order valence-corrected chi connectivity index (χ2v) is 7.65. The first kappa shape index (κ1) is 24.8. The summed E-state index contributed by atoms with van der Waals surface area (Å²) < 4.78 is 15.8. The number of fused-ring (bicyclic) bond motifs is 1. The highest BCUT2D eigenvalue weighted by atomic mass is 127. The van der Waals surface area contributed by atoms with Crippen LogP contribution in [-0.2, 0) is 19.4 Å². The van der Waals surface area contributed by atoms with Crippen molar-refractivity contribution in [2.24, 2.45) is 4.99 Å². The normalized spacial score (nSPS) is 11.4. The number of guanidine groups is 1. The minimum atomic E-state index is -0.216. The van der Waals surface area contributed by atoms with Crippen LogP contribution in [0.15, 0.2) is 72.1 Å². The highest BCUT2D eigenvalue weighted by Crippen LogP contribution is 2.19. The second-order valence-electron chi connectivity index (χ2n) is 7.65. The highest BCUT2D eigenvalue weighted by molar-refractivity contribution is 14.0. The number of rotatable bonds is 9. The largest absolute Gasteiger partial charge is 0.361 e. The Morgan fingerprint density at radius 2 is 1.97 bits per heavy atom. The fourth-order valence-corrected chi connectivity index (χ4v) is 3.77. The third kappa shape index (κ3) is 6.80. The molecule has 4 aromatic rings. The number of imidazole rings is 1. The lowest BCUT2D eigenvalue weighted by molar-refractivity contribution is 0.629. The number of halogens is 2. The monoisotopic (exact) mass is 560 g/mol. The van der Waals surface area contributed by atoms with Gasteiger partial charge in [0.15, 0.2) is 5.96 Å². The van der Waals surface area contributed by atoms with E-state index in [1.807, 2.05) is 31.6 Å². The Morgan fingerprint density at radius 1 is 1.12 bits per heavy atom. The number of hydrogen-bond acceptors (Lipinski definition) is 2. The number of aliphatic imine (C=N–C) groups is 1. The van der Waals surface area contributed by atoms with Crippen molar-refractivity contribution in [3.63, 3.8) is 0 Å². The van der Waals surface area contributed by atoms with Crippen molar-refractivity contribution >= 4 is 40.8 Å². The SMILES string of the molecule is CCNC(=NCCc1nccn1Cc1ccccc1)NCCc1c[nH]c2ccc(F)cc12.I. The third-order valence-corrected chi connectivity index (χ3v) is 5.36. The molecule has 6 nitrogen and oxygen atoms in total.